The smallest absolute Gasteiger partial charge is 0.259 e. The highest BCUT2D eigenvalue weighted by atomic mass is 35.5. The maximum absolute atomic E-state index is 12.7. The Labute approximate surface area is 168 Å². The number of carbonyl (C=O) groups is 2. The van der Waals surface area contributed by atoms with Gasteiger partial charge in [-0.25, -0.2) is 4.68 Å². The van der Waals surface area contributed by atoms with Crippen LogP contribution in [-0.4, -0.2) is 21.6 Å². The average Bonchev–Trinajstić information content (AvgIpc) is 3.04. The number of halogens is 1. The van der Waals surface area contributed by atoms with Crippen LogP contribution in [0.15, 0.2) is 54.7 Å². The number of benzene rings is 2. The molecule has 0 fully saturated rings. The molecule has 0 spiro atoms. The van der Waals surface area contributed by atoms with E-state index >= 15 is 0 Å². The highest BCUT2D eigenvalue weighted by molar-refractivity contribution is 6.30. The van der Waals surface area contributed by atoms with Crippen molar-refractivity contribution in [1.29, 1.82) is 0 Å². The van der Waals surface area contributed by atoms with E-state index in [0.717, 1.165) is 12.1 Å². The SMILES string of the molecule is CCCC(=O)Nc1cccc(NC(=O)c2cnn(-c3cccc(Cl)c3)c2C)c1. The number of carbonyl (C=O) groups excluding carboxylic acids is 2. The predicted octanol–water partition coefficient (Wildman–Crippen LogP) is 4.83. The Morgan fingerprint density at radius 1 is 1.07 bits per heavy atom. The fourth-order valence-electron chi connectivity index (χ4n) is 2.82. The van der Waals surface area contributed by atoms with Crippen molar-refractivity contribution < 1.29 is 9.59 Å². The number of nitrogens with one attached hydrogen (secondary N) is 2. The van der Waals surface area contributed by atoms with E-state index in [4.69, 9.17) is 11.6 Å². The molecule has 0 aliphatic rings. The van der Waals surface area contributed by atoms with Crippen LogP contribution in [0.25, 0.3) is 5.69 Å². The fraction of sp³-hybridized carbons (Fsp3) is 0.190. The zero-order valence-electron chi connectivity index (χ0n) is 15.7. The minimum absolute atomic E-state index is 0.0513. The molecule has 3 rings (SSSR count). The molecule has 0 unspecified atom stereocenters. The van der Waals surface area contributed by atoms with E-state index in [9.17, 15) is 9.59 Å². The summed E-state index contributed by atoms with van der Waals surface area (Å²) in [7, 11) is 0. The van der Waals surface area contributed by atoms with Gasteiger partial charge in [-0.05, 0) is 49.7 Å². The molecule has 0 bridgehead atoms. The molecule has 0 radical (unpaired) electrons. The molecule has 0 aliphatic carbocycles. The van der Waals surface area contributed by atoms with Crippen LogP contribution in [0.4, 0.5) is 11.4 Å². The van der Waals surface area contributed by atoms with Gasteiger partial charge in [0.1, 0.15) is 0 Å². The molecule has 28 heavy (non-hydrogen) atoms. The van der Waals surface area contributed by atoms with Crippen LogP contribution in [-0.2, 0) is 4.79 Å². The maximum atomic E-state index is 12.7. The first-order valence-corrected chi connectivity index (χ1v) is 9.37. The standard InChI is InChI=1S/C21H21ClN4O2/c1-3-6-20(27)24-16-8-5-9-17(12-16)25-21(28)19-13-23-26(14(19)2)18-10-4-7-15(22)11-18/h4-5,7-13H,3,6H2,1-2H3,(H,24,27)(H,25,28). The van der Waals surface area contributed by atoms with E-state index in [1.54, 1.807) is 41.1 Å². The van der Waals surface area contributed by atoms with E-state index in [1.807, 2.05) is 26.0 Å². The van der Waals surface area contributed by atoms with E-state index in [1.165, 1.54) is 6.20 Å². The van der Waals surface area contributed by atoms with Crippen LogP contribution in [0.3, 0.4) is 0 Å². The summed E-state index contributed by atoms with van der Waals surface area (Å²) in [6.07, 6.45) is 2.76. The number of rotatable bonds is 6. The van der Waals surface area contributed by atoms with Gasteiger partial charge >= 0.3 is 0 Å². The van der Waals surface area contributed by atoms with Crippen LogP contribution in [0.5, 0.6) is 0 Å². The topological polar surface area (TPSA) is 76.0 Å². The van der Waals surface area contributed by atoms with Gasteiger partial charge < -0.3 is 10.6 Å². The van der Waals surface area contributed by atoms with Crippen molar-refractivity contribution in [2.45, 2.75) is 26.7 Å². The van der Waals surface area contributed by atoms with Crippen molar-refractivity contribution in [3.63, 3.8) is 0 Å². The molecular formula is C21H21ClN4O2. The fourth-order valence-corrected chi connectivity index (χ4v) is 3.01. The summed E-state index contributed by atoms with van der Waals surface area (Å²) in [5.41, 5.74) is 3.18. The lowest BCUT2D eigenvalue weighted by atomic mass is 10.2. The zero-order valence-corrected chi connectivity index (χ0v) is 16.5. The summed E-state index contributed by atoms with van der Waals surface area (Å²) >= 11 is 6.04. The number of amides is 2. The second kappa shape index (κ2) is 8.71. The monoisotopic (exact) mass is 396 g/mol. The third-order valence-electron chi connectivity index (χ3n) is 4.19. The van der Waals surface area contributed by atoms with Crippen LogP contribution in [0, 0.1) is 6.92 Å². The second-order valence-corrected chi connectivity index (χ2v) is 6.80. The third-order valence-corrected chi connectivity index (χ3v) is 4.42. The molecule has 1 aromatic heterocycles. The van der Waals surface area contributed by atoms with Crippen LogP contribution < -0.4 is 10.6 Å². The second-order valence-electron chi connectivity index (χ2n) is 6.37. The maximum Gasteiger partial charge on any atom is 0.259 e. The number of nitrogens with zero attached hydrogens (tertiary/aromatic N) is 2. The lowest BCUT2D eigenvalue weighted by Gasteiger charge is -2.09. The summed E-state index contributed by atoms with van der Waals surface area (Å²) in [5.74, 6) is -0.326. The largest absolute Gasteiger partial charge is 0.326 e. The summed E-state index contributed by atoms with van der Waals surface area (Å²) in [5, 5.41) is 10.6. The average molecular weight is 397 g/mol. The van der Waals surface area contributed by atoms with E-state index in [-0.39, 0.29) is 11.8 Å². The number of hydrogen-bond donors (Lipinski definition) is 2. The molecule has 2 N–H and O–H groups in total. The Balaban J connectivity index is 1.76. The van der Waals surface area contributed by atoms with Crippen LogP contribution in [0.1, 0.15) is 35.8 Å². The molecule has 0 saturated heterocycles. The van der Waals surface area contributed by atoms with Gasteiger partial charge in [0.25, 0.3) is 5.91 Å². The van der Waals surface area contributed by atoms with Gasteiger partial charge in [-0.2, -0.15) is 5.10 Å². The van der Waals surface area contributed by atoms with Crippen LogP contribution >= 0.6 is 11.6 Å². The first-order chi connectivity index (χ1) is 13.5. The quantitative estimate of drug-likeness (QED) is 0.626. The molecule has 6 nitrogen and oxygen atoms in total. The Bertz CT molecular complexity index is 1010. The van der Waals surface area contributed by atoms with Gasteiger partial charge in [0.2, 0.25) is 5.91 Å². The molecule has 0 saturated carbocycles. The van der Waals surface area contributed by atoms with Gasteiger partial charge in [-0.3, -0.25) is 9.59 Å². The Hall–Kier alpha value is -3.12. The lowest BCUT2D eigenvalue weighted by Crippen LogP contribution is -2.14. The van der Waals surface area contributed by atoms with E-state index in [2.05, 4.69) is 15.7 Å². The molecule has 2 aromatic carbocycles. The molecule has 2 amide bonds. The molecule has 0 aliphatic heterocycles. The predicted molar refractivity (Wildman–Crippen MR) is 111 cm³/mol. The summed E-state index contributed by atoms with van der Waals surface area (Å²) in [6, 6.07) is 14.3. The normalized spacial score (nSPS) is 10.5. The van der Waals surface area contributed by atoms with Gasteiger partial charge in [0.05, 0.1) is 23.1 Å². The lowest BCUT2D eigenvalue weighted by molar-refractivity contribution is -0.116. The molecule has 3 aromatic rings. The summed E-state index contributed by atoms with van der Waals surface area (Å²) in [6.45, 7) is 3.77. The molecule has 144 valence electrons. The summed E-state index contributed by atoms with van der Waals surface area (Å²) < 4.78 is 1.67. The van der Waals surface area contributed by atoms with Gasteiger partial charge in [0.15, 0.2) is 0 Å². The highest BCUT2D eigenvalue weighted by Crippen LogP contribution is 2.20. The molecule has 7 heteroatoms. The van der Waals surface area contributed by atoms with Crippen molar-refractivity contribution in [2.24, 2.45) is 0 Å². The Kier molecular flexibility index (Phi) is 6.11. The number of hydrogen-bond acceptors (Lipinski definition) is 3. The number of aromatic nitrogens is 2. The Morgan fingerprint density at radius 2 is 1.79 bits per heavy atom. The van der Waals surface area contributed by atoms with Gasteiger partial charge in [0, 0.05) is 22.8 Å². The summed E-state index contributed by atoms with van der Waals surface area (Å²) in [4.78, 5) is 24.5. The van der Waals surface area contributed by atoms with Crippen molar-refractivity contribution in [3.8, 4) is 5.69 Å². The molecule has 0 atom stereocenters. The van der Waals surface area contributed by atoms with Crippen molar-refractivity contribution >= 4 is 34.8 Å². The van der Waals surface area contributed by atoms with Crippen molar-refractivity contribution in [2.75, 3.05) is 10.6 Å². The highest BCUT2D eigenvalue weighted by Gasteiger charge is 2.16. The third kappa shape index (κ3) is 4.58. The molecular weight excluding hydrogens is 376 g/mol. The van der Waals surface area contributed by atoms with Gasteiger partial charge in [-0.15, -0.1) is 0 Å². The van der Waals surface area contributed by atoms with Crippen molar-refractivity contribution in [3.05, 3.63) is 71.0 Å². The first-order valence-electron chi connectivity index (χ1n) is 8.99. The Morgan fingerprint density at radius 3 is 2.50 bits per heavy atom. The van der Waals surface area contributed by atoms with Gasteiger partial charge in [-0.1, -0.05) is 30.7 Å². The zero-order chi connectivity index (χ0) is 20.1. The number of anilines is 2. The minimum atomic E-state index is -0.275. The van der Waals surface area contributed by atoms with Crippen LogP contribution in [0.2, 0.25) is 5.02 Å². The van der Waals surface area contributed by atoms with E-state index < -0.39 is 0 Å². The van der Waals surface area contributed by atoms with E-state index in [0.29, 0.717) is 34.1 Å². The van der Waals surface area contributed by atoms with Crippen molar-refractivity contribution in [1.82, 2.24) is 9.78 Å². The molecule has 1 heterocycles. The minimum Gasteiger partial charge on any atom is -0.326 e. The first kappa shape index (κ1) is 19.6.